The van der Waals surface area contributed by atoms with E-state index in [4.69, 9.17) is 12.2 Å². The van der Waals surface area contributed by atoms with Crippen molar-refractivity contribution in [2.45, 2.75) is 0 Å². The molecule has 0 aliphatic rings. The lowest BCUT2D eigenvalue weighted by Crippen LogP contribution is -2.13. The van der Waals surface area contributed by atoms with Gasteiger partial charge in [0.25, 0.3) is 5.56 Å². The Morgan fingerprint density at radius 1 is 1.10 bits per heavy atom. The Morgan fingerprint density at radius 2 is 1.86 bits per heavy atom. The van der Waals surface area contributed by atoms with Gasteiger partial charge in [0.1, 0.15) is 5.56 Å². The number of fused-ring (bicyclic) bond motifs is 1. The summed E-state index contributed by atoms with van der Waals surface area (Å²) in [5, 5.41) is 11.9. The highest BCUT2D eigenvalue weighted by molar-refractivity contribution is 7.71. The molecule has 3 aromatic rings. The van der Waals surface area contributed by atoms with Crippen molar-refractivity contribution in [1.82, 2.24) is 9.97 Å². The molecule has 2 aromatic carbocycles. The Balaban J connectivity index is 2.02. The van der Waals surface area contributed by atoms with Crippen LogP contribution < -0.4 is 5.56 Å². The van der Waals surface area contributed by atoms with Crippen molar-refractivity contribution in [2.75, 3.05) is 0 Å². The molecule has 0 aliphatic carbocycles. The maximum Gasteiger partial charge on any atom is 0.264 e. The summed E-state index contributed by atoms with van der Waals surface area (Å²) in [6.45, 7) is 0. The van der Waals surface area contributed by atoms with E-state index in [1.165, 1.54) is 6.21 Å². The maximum atomic E-state index is 11.7. The number of benzene rings is 2. The number of nitrogens with one attached hydrogen (secondary N) is 2. The molecule has 6 heteroatoms. The molecule has 1 heterocycles. The van der Waals surface area contributed by atoms with Crippen molar-refractivity contribution in [1.29, 1.82) is 0 Å². The maximum absolute atomic E-state index is 11.7. The second kappa shape index (κ2) is 5.34. The van der Waals surface area contributed by atoms with Gasteiger partial charge in [-0.1, -0.05) is 30.3 Å². The van der Waals surface area contributed by atoms with Crippen LogP contribution in [0.2, 0.25) is 0 Å². The second-order valence-corrected chi connectivity index (χ2v) is 4.87. The predicted octanol–water partition coefficient (Wildman–Crippen LogP) is 3.04. The minimum atomic E-state index is -0.485. The molecule has 3 N–H and O–H groups in total. The van der Waals surface area contributed by atoms with Crippen LogP contribution in [0.4, 0.5) is 5.69 Å². The van der Waals surface area contributed by atoms with Crippen molar-refractivity contribution >= 4 is 34.9 Å². The molecule has 0 unspecified atom stereocenters. The third-order valence-corrected chi connectivity index (χ3v) is 3.24. The van der Waals surface area contributed by atoms with Gasteiger partial charge in [0, 0.05) is 6.21 Å². The number of nitrogens with zero attached hydrogens (tertiary/aromatic N) is 1. The largest absolute Gasteiger partial charge is 0.494 e. The Hall–Kier alpha value is -2.73. The predicted molar refractivity (Wildman–Crippen MR) is 85.1 cm³/mol. The number of rotatable bonds is 2. The lowest BCUT2D eigenvalue weighted by molar-refractivity contribution is 0.449. The van der Waals surface area contributed by atoms with Gasteiger partial charge in [-0.25, -0.2) is 0 Å². The van der Waals surface area contributed by atoms with Gasteiger partial charge < -0.3 is 10.1 Å². The Bertz CT molecular complexity index is 957. The quantitative estimate of drug-likeness (QED) is 0.502. The smallest absolute Gasteiger partial charge is 0.264 e. The van der Waals surface area contributed by atoms with Crippen molar-refractivity contribution in [3.8, 4) is 5.88 Å². The summed E-state index contributed by atoms with van der Waals surface area (Å²) in [6.07, 6.45) is 1.31. The number of hydrogen-bond donors (Lipinski definition) is 3. The summed E-state index contributed by atoms with van der Waals surface area (Å²) in [5.41, 5.74) is 0.243. The number of aliphatic imine (C=N–C) groups is 1. The number of aromatic hydroxyl groups is 1. The van der Waals surface area contributed by atoms with Crippen LogP contribution in [0, 0.1) is 4.77 Å². The van der Waals surface area contributed by atoms with Gasteiger partial charge in [0.05, 0.1) is 5.69 Å². The topological polar surface area (TPSA) is 81.2 Å². The molecule has 0 bridgehead atoms. The second-order valence-electron chi connectivity index (χ2n) is 4.46. The van der Waals surface area contributed by atoms with Crippen LogP contribution in [0.1, 0.15) is 5.56 Å². The van der Waals surface area contributed by atoms with Gasteiger partial charge in [-0.05, 0) is 35.1 Å². The van der Waals surface area contributed by atoms with Gasteiger partial charge in [0.15, 0.2) is 4.77 Å². The SMILES string of the molecule is O=c1[nH]c(=S)[nH]c(O)c1C=Nc1ccc2ccccc2c1. The summed E-state index contributed by atoms with van der Waals surface area (Å²) in [7, 11) is 0. The van der Waals surface area contributed by atoms with E-state index in [2.05, 4.69) is 15.0 Å². The summed E-state index contributed by atoms with van der Waals surface area (Å²) in [6, 6.07) is 13.6. The van der Waals surface area contributed by atoms with Gasteiger partial charge >= 0.3 is 0 Å². The van der Waals surface area contributed by atoms with E-state index in [0.29, 0.717) is 5.69 Å². The first-order chi connectivity index (χ1) is 10.1. The Morgan fingerprint density at radius 3 is 2.62 bits per heavy atom. The first kappa shape index (κ1) is 13.3. The summed E-state index contributed by atoms with van der Waals surface area (Å²) >= 11 is 4.76. The molecule has 0 amide bonds. The third kappa shape index (κ3) is 2.75. The zero-order valence-electron chi connectivity index (χ0n) is 10.8. The first-order valence-corrected chi connectivity index (χ1v) is 6.63. The van der Waals surface area contributed by atoms with E-state index in [-0.39, 0.29) is 16.2 Å². The van der Waals surface area contributed by atoms with Gasteiger partial charge in [-0.3, -0.25) is 14.8 Å². The van der Waals surface area contributed by atoms with Crippen molar-refractivity contribution < 1.29 is 5.11 Å². The molecule has 21 heavy (non-hydrogen) atoms. The molecule has 0 saturated carbocycles. The summed E-state index contributed by atoms with van der Waals surface area (Å²) in [4.78, 5) is 20.8. The minimum Gasteiger partial charge on any atom is -0.494 e. The molecule has 0 fully saturated rings. The van der Waals surface area contributed by atoms with Crippen LogP contribution in [0.5, 0.6) is 5.88 Å². The highest BCUT2D eigenvalue weighted by Crippen LogP contribution is 2.21. The van der Waals surface area contributed by atoms with E-state index >= 15 is 0 Å². The fourth-order valence-corrected chi connectivity index (χ4v) is 2.19. The molecule has 5 nitrogen and oxygen atoms in total. The lowest BCUT2D eigenvalue weighted by Gasteiger charge is -2.00. The van der Waals surface area contributed by atoms with E-state index < -0.39 is 5.56 Å². The fourth-order valence-electron chi connectivity index (χ4n) is 2.00. The van der Waals surface area contributed by atoms with Crippen LogP contribution in [-0.4, -0.2) is 21.3 Å². The molecular formula is C15H11N3O2S. The highest BCUT2D eigenvalue weighted by Gasteiger charge is 2.04. The average molecular weight is 297 g/mol. The average Bonchev–Trinajstić information content (AvgIpc) is 2.46. The standard InChI is InChI=1S/C15H11N3O2S/c19-13-12(14(20)18-15(21)17-13)8-16-11-6-5-9-3-1-2-4-10(9)7-11/h1-8H,(H3,17,18,19,20,21). The van der Waals surface area contributed by atoms with E-state index in [1.807, 2.05) is 42.5 Å². The Labute approximate surface area is 124 Å². The first-order valence-electron chi connectivity index (χ1n) is 6.22. The van der Waals surface area contributed by atoms with Crippen LogP contribution in [0.3, 0.4) is 0 Å². The van der Waals surface area contributed by atoms with E-state index in [0.717, 1.165) is 10.8 Å². The van der Waals surface area contributed by atoms with E-state index in [1.54, 1.807) is 0 Å². The van der Waals surface area contributed by atoms with Gasteiger partial charge in [0.2, 0.25) is 5.88 Å². The lowest BCUT2D eigenvalue weighted by atomic mass is 10.1. The van der Waals surface area contributed by atoms with Crippen molar-refractivity contribution in [2.24, 2.45) is 4.99 Å². The van der Waals surface area contributed by atoms with Crippen LogP contribution in [-0.2, 0) is 0 Å². The number of aromatic nitrogens is 2. The van der Waals surface area contributed by atoms with Crippen molar-refractivity contribution in [3.63, 3.8) is 0 Å². The van der Waals surface area contributed by atoms with Crippen LogP contribution >= 0.6 is 12.2 Å². The number of hydrogen-bond acceptors (Lipinski definition) is 4. The molecular weight excluding hydrogens is 286 g/mol. The molecule has 1 aromatic heterocycles. The molecule has 3 rings (SSSR count). The van der Waals surface area contributed by atoms with Gasteiger partial charge in [-0.2, -0.15) is 0 Å². The summed E-state index contributed by atoms with van der Waals surface area (Å²) in [5.74, 6) is -0.298. The van der Waals surface area contributed by atoms with Crippen LogP contribution in [0.25, 0.3) is 10.8 Å². The molecule has 0 aliphatic heterocycles. The van der Waals surface area contributed by atoms with Crippen LogP contribution in [0.15, 0.2) is 52.3 Å². The minimum absolute atomic E-state index is 0.0387. The van der Waals surface area contributed by atoms with Gasteiger partial charge in [-0.15, -0.1) is 0 Å². The fraction of sp³-hybridized carbons (Fsp3) is 0. The van der Waals surface area contributed by atoms with E-state index in [9.17, 15) is 9.90 Å². The number of aromatic amines is 2. The molecule has 0 spiro atoms. The van der Waals surface area contributed by atoms with Crippen molar-refractivity contribution in [3.05, 3.63) is 63.2 Å². The summed E-state index contributed by atoms with van der Waals surface area (Å²) < 4.78 is 0.0698. The zero-order valence-corrected chi connectivity index (χ0v) is 11.6. The number of H-pyrrole nitrogens is 2. The third-order valence-electron chi connectivity index (χ3n) is 3.03. The molecule has 104 valence electrons. The molecule has 0 radical (unpaired) electrons. The monoisotopic (exact) mass is 297 g/mol. The highest BCUT2D eigenvalue weighted by atomic mass is 32.1. The molecule has 0 saturated heterocycles. The zero-order chi connectivity index (χ0) is 14.8. The normalized spacial score (nSPS) is 11.2. The molecule has 0 atom stereocenters. The Kier molecular flexibility index (Phi) is 3.37.